The molecule has 0 unspecified atom stereocenters. The zero-order chi connectivity index (χ0) is 29.6. The quantitative estimate of drug-likeness (QED) is 0.359. The first-order chi connectivity index (χ1) is 20.4. The fraction of sp³-hybridized carbons (Fsp3) is 0.576. The SMILES string of the molecule is CCCCN(CCCN(C)C)C(=O)CN1C[C@H](c2ccc3c(c2)CCO3)[C@@H](C(=O)O)[C@@H]1CCc1cccc2c1OCO2. The van der Waals surface area contributed by atoms with E-state index in [1.165, 1.54) is 0 Å². The average Bonchev–Trinajstić information content (AvgIpc) is 3.71. The standard InChI is InChI=1S/C33H45N3O6/c1-4-5-16-35(17-7-15-34(2)3)30(37)21-36-20-26(24-11-13-28-25(19-24)14-18-40-28)31(33(38)39)27(36)12-10-23-8-6-9-29-32(23)42-22-41-29/h6,8-9,11,13,19,26-27,31H,4-5,7,10,12,14-18,20-22H2,1-3H3,(H,38,39)/t26-,27+,31-/m1/s1. The molecule has 0 spiro atoms. The van der Waals surface area contributed by atoms with E-state index in [0.717, 1.165) is 72.7 Å². The molecule has 0 aliphatic carbocycles. The van der Waals surface area contributed by atoms with Crippen molar-refractivity contribution in [2.24, 2.45) is 5.92 Å². The Morgan fingerprint density at radius 1 is 1.02 bits per heavy atom. The second-order valence-electron chi connectivity index (χ2n) is 12.0. The third-order valence-corrected chi connectivity index (χ3v) is 8.87. The van der Waals surface area contributed by atoms with Crippen molar-refractivity contribution in [3.05, 3.63) is 53.1 Å². The van der Waals surface area contributed by atoms with E-state index in [1.807, 2.05) is 49.3 Å². The van der Waals surface area contributed by atoms with Crippen LogP contribution in [0.15, 0.2) is 36.4 Å². The van der Waals surface area contributed by atoms with Crippen LogP contribution in [0.4, 0.5) is 0 Å². The first kappa shape index (κ1) is 30.2. The van der Waals surface area contributed by atoms with Gasteiger partial charge in [-0.25, -0.2) is 0 Å². The van der Waals surface area contributed by atoms with Crippen LogP contribution < -0.4 is 14.2 Å². The topological polar surface area (TPSA) is 91.8 Å². The van der Waals surface area contributed by atoms with Gasteiger partial charge in [0.2, 0.25) is 12.7 Å². The van der Waals surface area contributed by atoms with Gasteiger partial charge in [0.1, 0.15) is 5.75 Å². The first-order valence-electron chi connectivity index (χ1n) is 15.4. The first-order valence-corrected chi connectivity index (χ1v) is 15.4. The van der Waals surface area contributed by atoms with Gasteiger partial charge in [-0.2, -0.15) is 0 Å². The monoisotopic (exact) mass is 579 g/mol. The molecule has 5 rings (SSSR count). The molecule has 0 saturated carbocycles. The van der Waals surface area contributed by atoms with Crippen molar-refractivity contribution in [1.82, 2.24) is 14.7 Å². The lowest BCUT2D eigenvalue weighted by Gasteiger charge is -2.30. The van der Waals surface area contributed by atoms with Gasteiger partial charge in [-0.3, -0.25) is 14.5 Å². The Balaban J connectivity index is 1.39. The molecule has 3 atom stereocenters. The molecule has 0 bridgehead atoms. The van der Waals surface area contributed by atoms with Crippen molar-refractivity contribution in [1.29, 1.82) is 0 Å². The van der Waals surface area contributed by atoms with Gasteiger partial charge in [-0.1, -0.05) is 37.6 Å². The number of para-hydroxylation sites is 1. The van der Waals surface area contributed by atoms with Crippen molar-refractivity contribution in [3.63, 3.8) is 0 Å². The Morgan fingerprint density at radius 2 is 1.86 bits per heavy atom. The summed E-state index contributed by atoms with van der Waals surface area (Å²) in [7, 11) is 4.09. The Kier molecular flexibility index (Phi) is 9.90. The molecule has 9 heteroatoms. The van der Waals surface area contributed by atoms with Crippen molar-refractivity contribution < 1.29 is 28.9 Å². The summed E-state index contributed by atoms with van der Waals surface area (Å²) in [5.74, 6) is 0.766. The van der Waals surface area contributed by atoms with Crippen LogP contribution in [0, 0.1) is 5.92 Å². The molecule has 3 heterocycles. The van der Waals surface area contributed by atoms with Crippen LogP contribution >= 0.6 is 0 Å². The molecule has 0 aromatic heterocycles. The fourth-order valence-corrected chi connectivity index (χ4v) is 6.68. The number of aliphatic carboxylic acids is 1. The van der Waals surface area contributed by atoms with E-state index in [4.69, 9.17) is 14.2 Å². The molecule has 3 aliphatic rings. The molecular weight excluding hydrogens is 534 g/mol. The smallest absolute Gasteiger partial charge is 0.308 e. The summed E-state index contributed by atoms with van der Waals surface area (Å²) in [5, 5.41) is 10.6. The lowest BCUT2D eigenvalue weighted by atomic mass is 9.83. The van der Waals surface area contributed by atoms with Crippen molar-refractivity contribution >= 4 is 11.9 Å². The average molecular weight is 580 g/mol. The van der Waals surface area contributed by atoms with E-state index in [-0.39, 0.29) is 31.2 Å². The molecule has 1 N–H and O–H groups in total. The summed E-state index contributed by atoms with van der Waals surface area (Å²) in [5.41, 5.74) is 3.15. The highest BCUT2D eigenvalue weighted by Crippen LogP contribution is 2.42. The zero-order valence-electron chi connectivity index (χ0n) is 25.2. The summed E-state index contributed by atoms with van der Waals surface area (Å²) in [6.07, 6.45) is 4.95. The van der Waals surface area contributed by atoms with E-state index < -0.39 is 11.9 Å². The molecule has 42 heavy (non-hydrogen) atoms. The lowest BCUT2D eigenvalue weighted by molar-refractivity contribution is -0.143. The fourth-order valence-electron chi connectivity index (χ4n) is 6.68. The minimum atomic E-state index is -0.816. The van der Waals surface area contributed by atoms with Crippen LogP contribution in [0.25, 0.3) is 0 Å². The number of unbranched alkanes of at least 4 members (excludes halogenated alkanes) is 1. The number of amides is 1. The maximum absolute atomic E-state index is 13.8. The van der Waals surface area contributed by atoms with Crippen LogP contribution in [-0.2, 0) is 22.4 Å². The highest BCUT2D eigenvalue weighted by molar-refractivity contribution is 5.79. The number of benzene rings is 2. The molecule has 2 aromatic rings. The minimum absolute atomic E-state index is 0.0803. The number of rotatable bonds is 14. The maximum atomic E-state index is 13.8. The van der Waals surface area contributed by atoms with Gasteiger partial charge in [-0.05, 0) is 75.1 Å². The molecule has 3 aliphatic heterocycles. The third kappa shape index (κ3) is 6.84. The molecule has 228 valence electrons. The van der Waals surface area contributed by atoms with Crippen molar-refractivity contribution in [3.8, 4) is 17.2 Å². The molecule has 0 radical (unpaired) electrons. The summed E-state index contributed by atoms with van der Waals surface area (Å²) >= 11 is 0. The van der Waals surface area contributed by atoms with E-state index in [2.05, 4.69) is 22.8 Å². The number of carboxylic acid groups (broad SMARTS) is 1. The molecule has 1 fully saturated rings. The minimum Gasteiger partial charge on any atom is -0.493 e. The second kappa shape index (κ2) is 13.8. The number of nitrogens with zero attached hydrogens (tertiary/aromatic N) is 3. The van der Waals surface area contributed by atoms with E-state index in [1.54, 1.807) is 0 Å². The summed E-state index contributed by atoms with van der Waals surface area (Å²) in [4.78, 5) is 33.0. The number of hydrogen-bond acceptors (Lipinski definition) is 7. The zero-order valence-corrected chi connectivity index (χ0v) is 25.2. The Labute approximate surface area is 249 Å². The Morgan fingerprint density at radius 3 is 2.64 bits per heavy atom. The maximum Gasteiger partial charge on any atom is 0.308 e. The van der Waals surface area contributed by atoms with Crippen LogP contribution in [0.2, 0.25) is 0 Å². The molecule has 1 saturated heterocycles. The number of aryl methyl sites for hydroxylation is 1. The van der Waals surface area contributed by atoms with Crippen LogP contribution in [0.3, 0.4) is 0 Å². The van der Waals surface area contributed by atoms with E-state index in [9.17, 15) is 14.7 Å². The summed E-state index contributed by atoms with van der Waals surface area (Å²) in [6, 6.07) is 11.7. The van der Waals surface area contributed by atoms with Gasteiger partial charge in [-0.15, -0.1) is 0 Å². The number of carbonyl (C=O) groups is 2. The number of carboxylic acids is 1. The van der Waals surface area contributed by atoms with Crippen LogP contribution in [-0.4, -0.2) is 97.9 Å². The van der Waals surface area contributed by atoms with E-state index >= 15 is 0 Å². The predicted molar refractivity (Wildman–Crippen MR) is 160 cm³/mol. The molecule has 2 aromatic carbocycles. The number of hydrogen-bond donors (Lipinski definition) is 1. The Hall–Kier alpha value is -3.30. The van der Waals surface area contributed by atoms with E-state index in [0.29, 0.717) is 32.5 Å². The highest BCUT2D eigenvalue weighted by atomic mass is 16.7. The number of carbonyl (C=O) groups excluding carboxylic acids is 1. The number of likely N-dealkylation sites (tertiary alicyclic amines) is 1. The normalized spacial score (nSPS) is 21.0. The second-order valence-corrected chi connectivity index (χ2v) is 12.0. The van der Waals surface area contributed by atoms with Gasteiger partial charge in [0.25, 0.3) is 0 Å². The summed E-state index contributed by atoms with van der Waals surface area (Å²) < 4.78 is 17.0. The molecule has 1 amide bonds. The number of fused-ring (bicyclic) bond motifs is 2. The predicted octanol–water partition coefficient (Wildman–Crippen LogP) is 4.03. The van der Waals surface area contributed by atoms with Crippen molar-refractivity contribution in [2.45, 2.75) is 57.4 Å². The van der Waals surface area contributed by atoms with Gasteiger partial charge in [0.05, 0.1) is 19.1 Å². The van der Waals surface area contributed by atoms with Crippen LogP contribution in [0.1, 0.15) is 55.2 Å². The summed E-state index contributed by atoms with van der Waals surface area (Å²) in [6.45, 7) is 6.09. The van der Waals surface area contributed by atoms with Crippen molar-refractivity contribution in [2.75, 3.05) is 60.2 Å². The third-order valence-electron chi connectivity index (χ3n) is 8.87. The molecular formula is C33H45N3O6. The van der Waals surface area contributed by atoms with Gasteiger partial charge in [0.15, 0.2) is 11.5 Å². The van der Waals surface area contributed by atoms with Crippen LogP contribution in [0.5, 0.6) is 17.2 Å². The number of ether oxygens (including phenoxy) is 3. The largest absolute Gasteiger partial charge is 0.493 e. The lowest BCUT2D eigenvalue weighted by Crippen LogP contribution is -2.45. The van der Waals surface area contributed by atoms with Gasteiger partial charge < -0.3 is 29.1 Å². The Bertz CT molecular complexity index is 1250. The van der Waals surface area contributed by atoms with Gasteiger partial charge >= 0.3 is 5.97 Å². The van der Waals surface area contributed by atoms with Gasteiger partial charge in [0, 0.05) is 38.0 Å². The molecule has 9 nitrogen and oxygen atoms in total. The highest BCUT2D eigenvalue weighted by Gasteiger charge is 2.47.